The molecule has 9 heteroatoms. The Hall–Kier alpha value is -1.97. The van der Waals surface area contributed by atoms with Crippen molar-refractivity contribution >= 4 is 27.4 Å². The summed E-state index contributed by atoms with van der Waals surface area (Å²) >= 11 is 3.73. The zero-order valence-electron chi connectivity index (χ0n) is 14.6. The summed E-state index contributed by atoms with van der Waals surface area (Å²) in [6, 6.07) is 0. The maximum Gasteiger partial charge on any atom is 0.165 e. The second-order valence-corrected chi connectivity index (χ2v) is 7.26. The number of nitrogens with one attached hydrogen (secondary N) is 2. The highest BCUT2D eigenvalue weighted by Crippen LogP contribution is 2.36. The summed E-state index contributed by atoms with van der Waals surface area (Å²) in [6.07, 6.45) is 7.79. The van der Waals surface area contributed by atoms with E-state index in [1.165, 1.54) is 0 Å². The zero-order valence-corrected chi connectivity index (χ0v) is 16.2. The van der Waals surface area contributed by atoms with Crippen LogP contribution in [0.5, 0.6) is 0 Å². The molecule has 0 spiro atoms. The first-order chi connectivity index (χ1) is 12.7. The molecule has 0 radical (unpaired) electrons. The first kappa shape index (κ1) is 17.4. The van der Waals surface area contributed by atoms with E-state index in [4.69, 9.17) is 10.1 Å². The van der Waals surface area contributed by atoms with Crippen LogP contribution in [0.4, 0.5) is 5.82 Å². The number of rotatable bonds is 5. The highest BCUT2D eigenvalue weighted by molar-refractivity contribution is 9.10. The number of aliphatic hydroxyl groups is 1. The molecular weight excluding hydrogens is 398 g/mol. The van der Waals surface area contributed by atoms with Gasteiger partial charge in [0.1, 0.15) is 5.82 Å². The predicted octanol–water partition coefficient (Wildman–Crippen LogP) is 1.86. The number of aromatic nitrogens is 5. The number of halogens is 1. The van der Waals surface area contributed by atoms with E-state index in [2.05, 4.69) is 36.8 Å². The molecule has 1 saturated heterocycles. The summed E-state index contributed by atoms with van der Waals surface area (Å²) in [5, 5.41) is 24.6. The predicted molar refractivity (Wildman–Crippen MR) is 103 cm³/mol. The van der Waals surface area contributed by atoms with Gasteiger partial charge >= 0.3 is 0 Å². The van der Waals surface area contributed by atoms with Gasteiger partial charge in [-0.05, 0) is 35.3 Å². The average molecular weight is 420 g/mol. The molecule has 138 valence electrons. The maximum atomic E-state index is 9.10. The molecule has 3 aromatic rings. The van der Waals surface area contributed by atoms with Gasteiger partial charge in [0.25, 0.3) is 0 Å². The molecule has 8 nitrogen and oxygen atoms in total. The van der Waals surface area contributed by atoms with Gasteiger partial charge in [0.15, 0.2) is 5.65 Å². The van der Waals surface area contributed by atoms with Gasteiger partial charge in [0.05, 0.1) is 35.7 Å². The largest absolute Gasteiger partial charge is 0.394 e. The van der Waals surface area contributed by atoms with E-state index in [0.29, 0.717) is 12.5 Å². The van der Waals surface area contributed by atoms with Crippen LogP contribution in [0.3, 0.4) is 0 Å². The number of aliphatic hydroxyl groups excluding tert-OH is 1. The van der Waals surface area contributed by atoms with Gasteiger partial charge in [0, 0.05) is 36.8 Å². The molecule has 4 heterocycles. The quantitative estimate of drug-likeness (QED) is 0.584. The number of hydrogen-bond acceptors (Lipinski definition) is 6. The third kappa shape index (κ3) is 3.00. The lowest BCUT2D eigenvalue weighted by Gasteiger charge is -2.24. The van der Waals surface area contributed by atoms with E-state index in [9.17, 15) is 0 Å². The Morgan fingerprint density at radius 3 is 3.00 bits per heavy atom. The standard InChI is InChI=1S/C17H22BrN7O/c1-19-17-14(18)15(11-3-2-4-20-7-11)23-16-13(9-22-25(16)17)12-8-21-24(10-12)5-6-26/h8-11,19-20,26H,2-7H2,1H3. The number of piperidine rings is 1. The maximum absolute atomic E-state index is 9.10. The molecule has 1 aliphatic heterocycles. The van der Waals surface area contributed by atoms with Crippen LogP contribution in [0.15, 0.2) is 23.1 Å². The van der Waals surface area contributed by atoms with Crippen LogP contribution < -0.4 is 10.6 Å². The fourth-order valence-electron chi connectivity index (χ4n) is 3.49. The molecule has 0 amide bonds. The monoisotopic (exact) mass is 419 g/mol. The summed E-state index contributed by atoms with van der Waals surface area (Å²) in [6.45, 7) is 2.53. The average Bonchev–Trinajstić information content (AvgIpc) is 3.29. The van der Waals surface area contributed by atoms with E-state index < -0.39 is 0 Å². The minimum atomic E-state index is 0.0593. The zero-order chi connectivity index (χ0) is 18.1. The lowest BCUT2D eigenvalue weighted by molar-refractivity contribution is 0.269. The lowest BCUT2D eigenvalue weighted by atomic mass is 9.96. The summed E-state index contributed by atoms with van der Waals surface area (Å²) < 4.78 is 4.51. The fourth-order valence-corrected chi connectivity index (χ4v) is 4.27. The minimum Gasteiger partial charge on any atom is -0.394 e. The molecule has 3 aromatic heterocycles. The second-order valence-electron chi connectivity index (χ2n) is 6.46. The van der Waals surface area contributed by atoms with Gasteiger partial charge < -0.3 is 15.7 Å². The van der Waals surface area contributed by atoms with Crippen molar-refractivity contribution in [3.05, 3.63) is 28.8 Å². The smallest absolute Gasteiger partial charge is 0.165 e. The number of nitrogens with zero attached hydrogens (tertiary/aromatic N) is 5. The summed E-state index contributed by atoms with van der Waals surface area (Å²) in [5.41, 5.74) is 3.74. The molecule has 4 rings (SSSR count). The Morgan fingerprint density at radius 2 is 2.27 bits per heavy atom. The van der Waals surface area contributed by atoms with E-state index in [-0.39, 0.29) is 6.61 Å². The lowest BCUT2D eigenvalue weighted by Crippen LogP contribution is -2.29. The van der Waals surface area contributed by atoms with Crippen LogP contribution >= 0.6 is 15.9 Å². The Labute approximate surface area is 159 Å². The molecule has 1 aliphatic rings. The summed E-state index contributed by atoms with van der Waals surface area (Å²) in [5.74, 6) is 1.26. The molecule has 3 N–H and O–H groups in total. The van der Waals surface area contributed by atoms with Crippen molar-refractivity contribution in [1.29, 1.82) is 0 Å². The van der Waals surface area contributed by atoms with Crippen LogP contribution in [0.25, 0.3) is 16.8 Å². The number of fused-ring (bicyclic) bond motifs is 1. The van der Waals surface area contributed by atoms with Crippen LogP contribution in [-0.4, -0.2) is 56.2 Å². The molecule has 26 heavy (non-hydrogen) atoms. The minimum absolute atomic E-state index is 0.0593. The normalized spacial score (nSPS) is 17.7. The molecule has 0 aromatic carbocycles. The fraction of sp³-hybridized carbons (Fsp3) is 0.471. The highest BCUT2D eigenvalue weighted by atomic mass is 79.9. The van der Waals surface area contributed by atoms with Gasteiger partial charge in [0.2, 0.25) is 0 Å². The van der Waals surface area contributed by atoms with Gasteiger partial charge in [-0.2, -0.15) is 14.7 Å². The van der Waals surface area contributed by atoms with Crippen molar-refractivity contribution in [2.24, 2.45) is 0 Å². The van der Waals surface area contributed by atoms with Crippen LogP contribution in [0.2, 0.25) is 0 Å². The highest BCUT2D eigenvalue weighted by Gasteiger charge is 2.24. The van der Waals surface area contributed by atoms with Gasteiger partial charge in [-0.15, -0.1) is 0 Å². The Kier molecular flexibility index (Phi) is 4.92. The van der Waals surface area contributed by atoms with E-state index in [1.54, 1.807) is 10.9 Å². The summed E-state index contributed by atoms with van der Waals surface area (Å²) in [4.78, 5) is 4.99. The van der Waals surface area contributed by atoms with Crippen LogP contribution in [-0.2, 0) is 6.54 Å². The second kappa shape index (κ2) is 7.34. The Morgan fingerprint density at radius 1 is 1.38 bits per heavy atom. The van der Waals surface area contributed by atoms with E-state index in [1.807, 2.05) is 24.0 Å². The van der Waals surface area contributed by atoms with Crippen molar-refractivity contribution in [2.45, 2.75) is 25.3 Å². The van der Waals surface area contributed by atoms with Crippen molar-refractivity contribution in [1.82, 2.24) is 29.7 Å². The molecule has 1 fully saturated rings. The summed E-state index contributed by atoms with van der Waals surface area (Å²) in [7, 11) is 1.89. The van der Waals surface area contributed by atoms with Gasteiger partial charge in [-0.25, -0.2) is 4.98 Å². The first-order valence-electron chi connectivity index (χ1n) is 8.82. The topological polar surface area (TPSA) is 92.3 Å². The SMILES string of the molecule is CNc1c(Br)c(C2CCCNC2)nc2c(-c3cnn(CCO)c3)cnn12. The Bertz CT molecular complexity index is 913. The third-order valence-electron chi connectivity index (χ3n) is 4.81. The Balaban J connectivity index is 1.84. The van der Waals surface area contributed by atoms with Crippen LogP contribution in [0.1, 0.15) is 24.5 Å². The molecular formula is C17H22BrN7O. The number of hydrogen-bond donors (Lipinski definition) is 3. The molecule has 0 bridgehead atoms. The molecule has 1 atom stereocenters. The van der Waals surface area contributed by atoms with Crippen molar-refractivity contribution in [2.75, 3.05) is 32.1 Å². The molecule has 1 unspecified atom stereocenters. The number of anilines is 1. The van der Waals surface area contributed by atoms with Crippen molar-refractivity contribution in [3.63, 3.8) is 0 Å². The van der Waals surface area contributed by atoms with Gasteiger partial charge in [-0.3, -0.25) is 4.68 Å². The van der Waals surface area contributed by atoms with E-state index in [0.717, 1.165) is 58.7 Å². The van der Waals surface area contributed by atoms with E-state index >= 15 is 0 Å². The van der Waals surface area contributed by atoms with Crippen LogP contribution in [0, 0.1) is 0 Å². The van der Waals surface area contributed by atoms with Gasteiger partial charge in [-0.1, -0.05) is 0 Å². The van der Waals surface area contributed by atoms with Crippen molar-refractivity contribution in [3.8, 4) is 11.1 Å². The molecule has 0 aliphatic carbocycles. The molecule has 0 saturated carbocycles. The third-order valence-corrected chi connectivity index (χ3v) is 5.59. The first-order valence-corrected chi connectivity index (χ1v) is 9.61. The van der Waals surface area contributed by atoms with Crippen molar-refractivity contribution < 1.29 is 5.11 Å².